The number of methoxy groups -OCH3 is 1. The summed E-state index contributed by atoms with van der Waals surface area (Å²) in [5.74, 6) is -4.17. The quantitative estimate of drug-likeness (QED) is 0.0801. The van der Waals surface area contributed by atoms with Crippen LogP contribution < -0.4 is 0 Å². The number of aliphatic hydroxyl groups excluding tert-OH is 4. The van der Waals surface area contributed by atoms with Gasteiger partial charge in [-0.05, 0) is 90.5 Å². The first-order valence-electron chi connectivity index (χ1n) is 22.6. The van der Waals surface area contributed by atoms with Crippen LogP contribution in [0.25, 0.3) is 0 Å². The van der Waals surface area contributed by atoms with E-state index in [0.717, 1.165) is 11.1 Å². The zero-order chi connectivity index (χ0) is 50.9. The van der Waals surface area contributed by atoms with Crippen molar-refractivity contribution in [2.45, 2.75) is 174 Å². The molecule has 0 saturated carbocycles. The minimum Gasteiger partial charge on any atom is -0.505 e. The molecule has 0 aromatic heterocycles. The molecular weight excluding hydrogens is 931 g/mol. The molecule has 6 N–H and O–H groups in total. The molecule has 3 aliphatic rings. The Kier molecular flexibility index (Phi) is 20.7. The van der Waals surface area contributed by atoms with E-state index in [1.807, 2.05) is 45.9 Å². The van der Waals surface area contributed by atoms with Gasteiger partial charge in [0.25, 0.3) is 0 Å². The smallest absolute Gasteiger partial charge is 0.342 e. The van der Waals surface area contributed by atoms with Gasteiger partial charge in [0.15, 0.2) is 36.3 Å². The number of phenolic OH excluding ortho intramolecular Hbond substituents is 2. The lowest BCUT2D eigenvalue weighted by Crippen LogP contribution is -2.64. The maximum absolute atomic E-state index is 13.9. The normalized spacial score (nSPS) is 35.6. The van der Waals surface area contributed by atoms with Gasteiger partial charge in [-0.3, -0.25) is 4.79 Å². The number of carbonyl (C=O) groups is 3. The second kappa shape index (κ2) is 24.8. The summed E-state index contributed by atoms with van der Waals surface area (Å²) < 4.78 is 47.2. The average molecular weight is 1000 g/mol. The Morgan fingerprint density at radius 3 is 2.18 bits per heavy atom. The molecule has 1 aromatic carbocycles. The molecule has 19 heteroatoms. The van der Waals surface area contributed by atoms with Crippen molar-refractivity contribution in [2.24, 2.45) is 5.92 Å². The molecule has 0 amide bonds. The number of benzene rings is 1. The Morgan fingerprint density at radius 2 is 1.56 bits per heavy atom. The Labute approximate surface area is 407 Å². The largest absolute Gasteiger partial charge is 0.505 e. The van der Waals surface area contributed by atoms with Crippen molar-refractivity contribution in [1.29, 1.82) is 0 Å². The highest BCUT2D eigenvalue weighted by Gasteiger charge is 2.52. The highest BCUT2D eigenvalue weighted by atomic mass is 35.5. The van der Waals surface area contributed by atoms with Crippen molar-refractivity contribution in [3.05, 3.63) is 79.9 Å². The summed E-state index contributed by atoms with van der Waals surface area (Å²) in [6, 6.07) is 0. The van der Waals surface area contributed by atoms with Crippen molar-refractivity contribution in [1.82, 2.24) is 0 Å². The fraction of sp³-hybridized carbons (Fsp3) is 0.612. The minimum atomic E-state index is -1.57. The molecule has 68 heavy (non-hydrogen) atoms. The second-order valence-corrected chi connectivity index (χ2v) is 18.7. The molecule has 0 unspecified atom stereocenters. The summed E-state index contributed by atoms with van der Waals surface area (Å²) in [7, 11) is 1.28. The van der Waals surface area contributed by atoms with E-state index in [9.17, 15) is 45.0 Å². The summed E-state index contributed by atoms with van der Waals surface area (Å²) in [4.78, 5) is 39.0. The Hall–Kier alpha value is -3.85. The van der Waals surface area contributed by atoms with Crippen LogP contribution in [0.1, 0.15) is 104 Å². The molecule has 17 nitrogen and oxygen atoms in total. The SMILES string of the molecule is CC[C@@H]1C/C=C(C)/C=C(\C)[C@H](O[C@@H]2OC(C)(C)[C@@H](OC(C)=O)[C@H](O)[C@@H]2O)[C@@H](CC)/C=C(\C)[C@@H](O)C/C=C/C=C(\CO[C@@H]2O[C@H](C)[C@@H](OC(=O)c3c(C)c(Cl)c(O)c(Cl)c3O)[C@H](O)[C@@H]2OC)C(=O)O1. The molecule has 0 radical (unpaired) electrons. The number of aromatic hydroxyl groups is 2. The van der Waals surface area contributed by atoms with Gasteiger partial charge < -0.3 is 68.5 Å². The van der Waals surface area contributed by atoms with Gasteiger partial charge in [-0.15, -0.1) is 0 Å². The van der Waals surface area contributed by atoms with E-state index in [1.165, 1.54) is 34.0 Å². The lowest BCUT2D eigenvalue weighted by molar-refractivity contribution is -0.333. The predicted molar refractivity (Wildman–Crippen MR) is 250 cm³/mol. The summed E-state index contributed by atoms with van der Waals surface area (Å²) in [5, 5.41) is 64.9. The van der Waals surface area contributed by atoms with Gasteiger partial charge in [-0.2, -0.15) is 0 Å². The number of aliphatic hydroxyl groups is 4. The third-order valence-corrected chi connectivity index (χ3v) is 13.1. The van der Waals surface area contributed by atoms with Crippen LogP contribution >= 0.6 is 23.2 Å². The number of phenols is 2. The van der Waals surface area contributed by atoms with Crippen LogP contribution in [0.4, 0.5) is 0 Å². The fourth-order valence-electron chi connectivity index (χ4n) is 8.27. The first kappa shape index (κ1) is 56.7. The standard InChI is InChI=1S/C49H68Cl2O17/c1-12-29-21-24(4)32(53)17-15-14-16-30(22-62-48-43(61-11)40(58)42(27(7)63-48)66-46(60)33-26(6)34(50)37(55)35(51)36(33)54)45(59)65-31(13-2)19-18-23(3)20-25(5)41(29)67-47-39(57)38(56)44(64-28(8)52)49(9,10)68-47/h14-16,18,20-21,27,29,31-32,38-44,47-48,53-58H,12-13,17,19,22H2,1-11H3/b15-14+,23-18+,24-21+,25-20+,30-16+/t27-,29+,31-,32+,38-,39+,40+,41+,42-,43+,44+,47-,48-/m1/s1. The monoisotopic (exact) mass is 998 g/mol. The molecule has 2 saturated heterocycles. The van der Waals surface area contributed by atoms with Gasteiger partial charge in [-0.1, -0.05) is 73.0 Å². The molecule has 2 fully saturated rings. The van der Waals surface area contributed by atoms with E-state index >= 15 is 0 Å². The molecule has 13 atom stereocenters. The predicted octanol–water partition coefficient (Wildman–Crippen LogP) is 6.37. The van der Waals surface area contributed by atoms with E-state index in [-0.39, 0.29) is 35.1 Å². The van der Waals surface area contributed by atoms with E-state index in [4.69, 9.17) is 61.1 Å². The number of hydrogen-bond donors (Lipinski definition) is 6. The van der Waals surface area contributed by atoms with Crippen LogP contribution in [0.15, 0.2) is 58.7 Å². The first-order valence-corrected chi connectivity index (χ1v) is 23.4. The van der Waals surface area contributed by atoms with Gasteiger partial charge in [0.2, 0.25) is 0 Å². The van der Waals surface area contributed by atoms with Crippen molar-refractivity contribution >= 4 is 41.1 Å². The minimum absolute atomic E-state index is 0.0124. The zero-order valence-electron chi connectivity index (χ0n) is 40.4. The van der Waals surface area contributed by atoms with E-state index in [2.05, 4.69) is 0 Å². The summed E-state index contributed by atoms with van der Waals surface area (Å²) in [5.41, 5.74) is 0.587. The van der Waals surface area contributed by atoms with Crippen LogP contribution in [0, 0.1) is 12.8 Å². The van der Waals surface area contributed by atoms with Gasteiger partial charge in [-0.25, -0.2) is 9.59 Å². The highest BCUT2D eigenvalue weighted by molar-refractivity contribution is 6.39. The second-order valence-electron chi connectivity index (χ2n) is 17.9. The number of hydrogen-bond acceptors (Lipinski definition) is 17. The van der Waals surface area contributed by atoms with Gasteiger partial charge in [0.05, 0.1) is 35.5 Å². The van der Waals surface area contributed by atoms with Crippen molar-refractivity contribution in [2.75, 3.05) is 13.7 Å². The molecular formula is C49H68Cl2O17. The number of cyclic esters (lactones) is 1. The van der Waals surface area contributed by atoms with Crippen LogP contribution in [0.2, 0.25) is 10.0 Å². The number of carbonyl (C=O) groups excluding carboxylic acids is 3. The van der Waals surface area contributed by atoms with Gasteiger partial charge >= 0.3 is 17.9 Å². The Morgan fingerprint density at radius 1 is 0.882 bits per heavy atom. The van der Waals surface area contributed by atoms with Crippen LogP contribution in [-0.4, -0.2) is 141 Å². The van der Waals surface area contributed by atoms with Crippen LogP contribution in [0.5, 0.6) is 11.5 Å². The average Bonchev–Trinajstić information content (AvgIpc) is 3.28. The van der Waals surface area contributed by atoms with Gasteiger partial charge in [0.1, 0.15) is 46.7 Å². The number of esters is 3. The maximum atomic E-state index is 13.9. The third-order valence-electron chi connectivity index (χ3n) is 12.3. The highest BCUT2D eigenvalue weighted by Crippen LogP contribution is 2.44. The summed E-state index contributed by atoms with van der Waals surface area (Å²) in [6.07, 6.45) is -2.26. The van der Waals surface area contributed by atoms with Crippen LogP contribution in [-0.2, 0) is 47.5 Å². The summed E-state index contributed by atoms with van der Waals surface area (Å²) in [6.45, 7) is 16.3. The molecule has 1 aromatic rings. The molecule has 4 rings (SSSR count). The maximum Gasteiger partial charge on any atom is 0.342 e. The van der Waals surface area contributed by atoms with Crippen molar-refractivity contribution in [3.8, 4) is 11.5 Å². The first-order chi connectivity index (χ1) is 31.9. The third kappa shape index (κ3) is 13.7. The van der Waals surface area contributed by atoms with Crippen molar-refractivity contribution < 1.29 is 82.9 Å². The number of halogens is 2. The number of allylic oxidation sites excluding steroid dienone is 4. The van der Waals surface area contributed by atoms with Crippen LogP contribution in [0.3, 0.4) is 0 Å². The molecule has 0 aliphatic carbocycles. The lowest BCUT2D eigenvalue weighted by atomic mass is 9.88. The molecule has 380 valence electrons. The van der Waals surface area contributed by atoms with Gasteiger partial charge in [0, 0.05) is 26.4 Å². The molecule has 0 spiro atoms. The summed E-state index contributed by atoms with van der Waals surface area (Å²) >= 11 is 12.1. The van der Waals surface area contributed by atoms with E-state index in [0.29, 0.717) is 24.8 Å². The molecule has 0 bridgehead atoms. The fourth-order valence-corrected chi connectivity index (χ4v) is 8.70. The lowest BCUT2D eigenvalue weighted by Gasteiger charge is -2.47. The number of rotatable bonds is 11. The molecule has 3 heterocycles. The number of ether oxygens (including phenoxy) is 8. The topological polar surface area (TPSA) is 246 Å². The van der Waals surface area contributed by atoms with Crippen molar-refractivity contribution in [3.63, 3.8) is 0 Å². The zero-order valence-corrected chi connectivity index (χ0v) is 41.9. The molecule has 3 aliphatic heterocycles. The van der Waals surface area contributed by atoms with E-state index < -0.39 is 119 Å². The Bertz CT molecular complexity index is 2080. The van der Waals surface area contributed by atoms with E-state index in [1.54, 1.807) is 32.9 Å². The Balaban J connectivity index is 1.58.